The van der Waals surface area contributed by atoms with Crippen LogP contribution in [-0.2, 0) is 0 Å². The molecular formula is C12H16F3NO2. The van der Waals surface area contributed by atoms with Crippen molar-refractivity contribution >= 4 is 0 Å². The molecular weight excluding hydrogens is 247 g/mol. The number of ether oxygens (including phenoxy) is 2. The standard InChI is InChI=1S/C12H16F3NO2/c1-16(2)11(12(13,14)15)9-7-8(17-3)5-6-10(9)18-4/h5-7,11H,1-4H3. The summed E-state index contributed by atoms with van der Waals surface area (Å²) in [5, 5.41) is 0. The minimum atomic E-state index is -4.39. The smallest absolute Gasteiger partial charge is 0.408 e. The summed E-state index contributed by atoms with van der Waals surface area (Å²) in [4.78, 5) is 1.09. The Bertz CT molecular complexity index is 405. The van der Waals surface area contributed by atoms with E-state index in [-0.39, 0.29) is 11.3 Å². The number of hydrogen-bond donors (Lipinski definition) is 0. The lowest BCUT2D eigenvalue weighted by Gasteiger charge is -2.28. The van der Waals surface area contributed by atoms with E-state index < -0.39 is 12.2 Å². The number of rotatable bonds is 4. The summed E-state index contributed by atoms with van der Waals surface area (Å²) in [7, 11) is 5.49. The van der Waals surface area contributed by atoms with Crippen LogP contribution in [0.1, 0.15) is 11.6 Å². The fourth-order valence-electron chi connectivity index (χ4n) is 1.80. The number of methoxy groups -OCH3 is 2. The predicted molar refractivity (Wildman–Crippen MR) is 62.0 cm³/mol. The molecule has 0 aromatic heterocycles. The molecule has 0 saturated carbocycles. The molecule has 0 N–H and O–H groups in total. The van der Waals surface area contributed by atoms with Gasteiger partial charge < -0.3 is 9.47 Å². The van der Waals surface area contributed by atoms with E-state index in [2.05, 4.69) is 0 Å². The fraction of sp³-hybridized carbons (Fsp3) is 0.500. The third kappa shape index (κ3) is 3.07. The lowest BCUT2D eigenvalue weighted by molar-refractivity contribution is -0.179. The van der Waals surface area contributed by atoms with Crippen LogP contribution in [0.4, 0.5) is 13.2 Å². The second kappa shape index (κ2) is 5.48. The molecule has 1 unspecified atom stereocenters. The van der Waals surface area contributed by atoms with E-state index in [1.807, 2.05) is 0 Å². The van der Waals surface area contributed by atoms with Crippen LogP contribution in [0, 0.1) is 0 Å². The zero-order valence-electron chi connectivity index (χ0n) is 10.7. The van der Waals surface area contributed by atoms with Crippen LogP contribution in [0.15, 0.2) is 18.2 Å². The van der Waals surface area contributed by atoms with E-state index in [4.69, 9.17) is 9.47 Å². The van der Waals surface area contributed by atoms with Crippen molar-refractivity contribution in [3.05, 3.63) is 23.8 Å². The zero-order chi connectivity index (χ0) is 13.9. The highest BCUT2D eigenvalue weighted by Gasteiger charge is 2.44. The first-order chi connectivity index (χ1) is 8.31. The normalized spacial score (nSPS) is 13.6. The lowest BCUT2D eigenvalue weighted by Crippen LogP contribution is -2.33. The first-order valence-electron chi connectivity index (χ1n) is 5.26. The Balaban J connectivity index is 3.34. The van der Waals surface area contributed by atoms with Crippen LogP contribution in [0.5, 0.6) is 11.5 Å². The molecule has 1 rings (SSSR count). The number of hydrogen-bond acceptors (Lipinski definition) is 3. The fourth-order valence-corrected chi connectivity index (χ4v) is 1.80. The third-order valence-corrected chi connectivity index (χ3v) is 2.56. The Morgan fingerprint density at radius 1 is 1.11 bits per heavy atom. The summed E-state index contributed by atoms with van der Waals surface area (Å²) in [5.74, 6) is 0.550. The van der Waals surface area contributed by atoms with E-state index in [1.54, 1.807) is 6.07 Å². The van der Waals surface area contributed by atoms with E-state index >= 15 is 0 Å². The number of alkyl halides is 3. The third-order valence-electron chi connectivity index (χ3n) is 2.56. The molecule has 0 aliphatic rings. The van der Waals surface area contributed by atoms with Crippen molar-refractivity contribution in [2.45, 2.75) is 12.2 Å². The van der Waals surface area contributed by atoms with Crippen molar-refractivity contribution in [2.75, 3.05) is 28.3 Å². The topological polar surface area (TPSA) is 21.7 Å². The number of halogens is 3. The Kier molecular flexibility index (Phi) is 4.45. The van der Waals surface area contributed by atoms with Crippen LogP contribution in [0.3, 0.4) is 0 Å². The van der Waals surface area contributed by atoms with Gasteiger partial charge in [0, 0.05) is 5.56 Å². The molecule has 18 heavy (non-hydrogen) atoms. The van der Waals surface area contributed by atoms with Crippen molar-refractivity contribution in [3.8, 4) is 11.5 Å². The molecule has 0 bridgehead atoms. The predicted octanol–water partition coefficient (Wildman–Crippen LogP) is 2.87. The molecule has 3 nitrogen and oxygen atoms in total. The van der Waals surface area contributed by atoms with Crippen molar-refractivity contribution in [2.24, 2.45) is 0 Å². The molecule has 1 aromatic carbocycles. The van der Waals surface area contributed by atoms with Gasteiger partial charge in [0.25, 0.3) is 0 Å². The monoisotopic (exact) mass is 263 g/mol. The van der Waals surface area contributed by atoms with E-state index in [1.165, 1.54) is 40.4 Å². The van der Waals surface area contributed by atoms with Gasteiger partial charge in [0.1, 0.15) is 17.5 Å². The molecule has 0 saturated heterocycles. The maximum Gasteiger partial charge on any atom is 0.408 e. The van der Waals surface area contributed by atoms with Crippen LogP contribution in [0.2, 0.25) is 0 Å². The molecule has 1 atom stereocenters. The Hall–Kier alpha value is -1.43. The number of nitrogens with zero attached hydrogens (tertiary/aromatic N) is 1. The second-order valence-electron chi connectivity index (χ2n) is 4.02. The van der Waals surface area contributed by atoms with Gasteiger partial charge >= 0.3 is 6.18 Å². The van der Waals surface area contributed by atoms with Gasteiger partial charge in [0.05, 0.1) is 14.2 Å². The molecule has 0 aliphatic carbocycles. The van der Waals surface area contributed by atoms with E-state index in [0.717, 1.165) is 4.90 Å². The Labute approximate surface area is 104 Å². The SMILES string of the molecule is COc1ccc(OC)c(C(N(C)C)C(F)(F)F)c1. The molecule has 0 radical (unpaired) electrons. The van der Waals surface area contributed by atoms with Crippen molar-refractivity contribution < 1.29 is 22.6 Å². The van der Waals surface area contributed by atoms with Crippen molar-refractivity contribution in [3.63, 3.8) is 0 Å². The summed E-state index contributed by atoms with van der Waals surface area (Å²) in [5.41, 5.74) is 0.0364. The summed E-state index contributed by atoms with van der Waals surface area (Å²) < 4.78 is 49.2. The average Bonchev–Trinajstić information content (AvgIpc) is 2.26. The molecule has 0 fully saturated rings. The zero-order valence-corrected chi connectivity index (χ0v) is 10.7. The second-order valence-corrected chi connectivity index (χ2v) is 4.02. The van der Waals surface area contributed by atoms with Gasteiger partial charge in [0.2, 0.25) is 0 Å². The van der Waals surface area contributed by atoms with E-state index in [0.29, 0.717) is 5.75 Å². The highest BCUT2D eigenvalue weighted by molar-refractivity contribution is 5.42. The minimum absolute atomic E-state index is 0.0364. The summed E-state index contributed by atoms with van der Waals surface area (Å²) in [6.45, 7) is 0. The van der Waals surface area contributed by atoms with Gasteiger partial charge in [-0.25, -0.2) is 0 Å². The molecule has 1 aromatic rings. The number of benzene rings is 1. The van der Waals surface area contributed by atoms with Crippen LogP contribution in [-0.4, -0.2) is 39.4 Å². The quantitative estimate of drug-likeness (QED) is 0.833. The minimum Gasteiger partial charge on any atom is -0.497 e. The van der Waals surface area contributed by atoms with Crippen LogP contribution < -0.4 is 9.47 Å². The highest BCUT2D eigenvalue weighted by Crippen LogP contribution is 2.41. The van der Waals surface area contributed by atoms with Gasteiger partial charge in [-0.05, 0) is 32.3 Å². The highest BCUT2D eigenvalue weighted by atomic mass is 19.4. The molecule has 6 heteroatoms. The molecule has 0 aliphatic heterocycles. The van der Waals surface area contributed by atoms with Gasteiger partial charge in [0.15, 0.2) is 0 Å². The molecule has 0 amide bonds. The largest absolute Gasteiger partial charge is 0.497 e. The van der Waals surface area contributed by atoms with Crippen molar-refractivity contribution in [1.82, 2.24) is 4.90 Å². The lowest BCUT2D eigenvalue weighted by atomic mass is 10.0. The van der Waals surface area contributed by atoms with Gasteiger partial charge in [-0.3, -0.25) is 4.90 Å². The average molecular weight is 263 g/mol. The molecule has 0 spiro atoms. The van der Waals surface area contributed by atoms with Crippen LogP contribution in [0.25, 0.3) is 0 Å². The Morgan fingerprint density at radius 2 is 1.72 bits per heavy atom. The van der Waals surface area contributed by atoms with Crippen LogP contribution >= 0.6 is 0 Å². The van der Waals surface area contributed by atoms with Gasteiger partial charge in [-0.2, -0.15) is 13.2 Å². The first-order valence-corrected chi connectivity index (χ1v) is 5.26. The maximum atomic E-state index is 13.1. The summed E-state index contributed by atoms with van der Waals surface area (Å²) in [6, 6.07) is 2.64. The first kappa shape index (κ1) is 14.6. The van der Waals surface area contributed by atoms with E-state index in [9.17, 15) is 13.2 Å². The Morgan fingerprint density at radius 3 is 2.11 bits per heavy atom. The molecule has 102 valence electrons. The van der Waals surface area contributed by atoms with Gasteiger partial charge in [-0.1, -0.05) is 0 Å². The summed E-state index contributed by atoms with van der Waals surface area (Å²) >= 11 is 0. The molecule has 0 heterocycles. The maximum absolute atomic E-state index is 13.1. The van der Waals surface area contributed by atoms with Gasteiger partial charge in [-0.15, -0.1) is 0 Å². The summed E-state index contributed by atoms with van der Waals surface area (Å²) in [6.07, 6.45) is -4.39. The van der Waals surface area contributed by atoms with Crippen molar-refractivity contribution in [1.29, 1.82) is 0 Å².